The quantitative estimate of drug-likeness (QED) is 0.331. The molecule has 1 aliphatic rings. The highest BCUT2D eigenvalue weighted by Gasteiger charge is 2.52. The summed E-state index contributed by atoms with van der Waals surface area (Å²) < 4.78 is 95.2. The van der Waals surface area contributed by atoms with E-state index in [0.717, 1.165) is 7.11 Å². The van der Waals surface area contributed by atoms with Gasteiger partial charge in [0, 0.05) is 13.0 Å². The maximum atomic E-state index is 12.9. The van der Waals surface area contributed by atoms with Crippen LogP contribution in [-0.4, -0.2) is 70.9 Å². The molecule has 1 amide bonds. The van der Waals surface area contributed by atoms with Gasteiger partial charge in [-0.2, -0.15) is 25.9 Å². The molecule has 0 spiro atoms. The second-order valence-corrected chi connectivity index (χ2v) is 9.51. The molecule has 0 radical (unpaired) electrons. The number of nitrogens with one attached hydrogen (secondary N) is 1. The van der Waals surface area contributed by atoms with Crippen LogP contribution < -0.4 is 5.32 Å². The number of benzene rings is 1. The molecule has 0 aliphatic carbocycles. The smallest absolute Gasteiger partial charge is 0.468 e. The van der Waals surface area contributed by atoms with Gasteiger partial charge >= 0.3 is 21.6 Å². The summed E-state index contributed by atoms with van der Waals surface area (Å²) in [5.41, 5.74) is -5.72. The van der Waals surface area contributed by atoms with E-state index in [1.807, 2.05) is 0 Å². The summed E-state index contributed by atoms with van der Waals surface area (Å²) in [5, 5.41) is 2.10. The van der Waals surface area contributed by atoms with E-state index in [-0.39, 0.29) is 4.90 Å². The van der Waals surface area contributed by atoms with Gasteiger partial charge in [-0.3, -0.25) is 13.8 Å². The second-order valence-electron chi connectivity index (χ2n) is 6.05. The number of ether oxygens (including phenoxy) is 1. The number of rotatable bonds is 7. The lowest BCUT2D eigenvalue weighted by atomic mass is 10.2. The van der Waals surface area contributed by atoms with Gasteiger partial charge in [-0.1, -0.05) is 18.2 Å². The molecule has 1 N–H and O–H groups in total. The van der Waals surface area contributed by atoms with Gasteiger partial charge in [-0.05, 0) is 12.1 Å². The predicted octanol–water partition coefficient (Wildman–Crippen LogP) is -0.0264. The minimum atomic E-state index is -6.02. The number of hydrogen-bond acceptors (Lipinski definition) is 8. The number of esters is 1. The summed E-state index contributed by atoms with van der Waals surface area (Å²) >= 11 is 0. The molecule has 1 aromatic carbocycles. The number of methoxy groups -OCH3 is 1. The molecule has 2 atom stereocenters. The Kier molecular flexibility index (Phi) is 7.11. The fraction of sp³-hybridized carbons (Fsp3) is 0.467. The predicted molar refractivity (Wildman–Crippen MR) is 93.6 cm³/mol. The zero-order valence-electron chi connectivity index (χ0n) is 15.3. The van der Waals surface area contributed by atoms with Crippen molar-refractivity contribution < 1.29 is 48.5 Å². The second kappa shape index (κ2) is 8.87. The number of carbonyl (C=O) groups excluding carboxylic acids is 2. The Hall–Kier alpha value is -2.23. The Labute approximate surface area is 170 Å². The van der Waals surface area contributed by atoms with Crippen molar-refractivity contribution in [1.29, 1.82) is 0 Å². The first-order valence-corrected chi connectivity index (χ1v) is 11.1. The lowest BCUT2D eigenvalue weighted by Gasteiger charge is -2.23. The number of nitrogens with zero attached hydrogens (tertiary/aromatic N) is 1. The van der Waals surface area contributed by atoms with E-state index >= 15 is 0 Å². The SMILES string of the molecule is COC(=O)CNC(=O)C1CC(OS(=O)(=O)C(F)(F)F)CN1S(=O)(=O)c1ccccc1. The lowest BCUT2D eigenvalue weighted by molar-refractivity contribution is -0.141. The van der Waals surface area contributed by atoms with Gasteiger partial charge in [0.15, 0.2) is 0 Å². The van der Waals surface area contributed by atoms with E-state index in [0.29, 0.717) is 4.31 Å². The van der Waals surface area contributed by atoms with Crippen LogP contribution in [0.2, 0.25) is 0 Å². The Morgan fingerprint density at radius 2 is 1.77 bits per heavy atom. The van der Waals surface area contributed by atoms with Crippen molar-refractivity contribution >= 4 is 32.0 Å². The Morgan fingerprint density at radius 1 is 1.17 bits per heavy atom. The summed E-state index contributed by atoms with van der Waals surface area (Å²) in [6.07, 6.45) is -2.46. The first-order chi connectivity index (χ1) is 13.8. The number of alkyl halides is 3. The van der Waals surface area contributed by atoms with Crippen molar-refractivity contribution in [2.24, 2.45) is 0 Å². The number of hydrogen-bond donors (Lipinski definition) is 1. The van der Waals surface area contributed by atoms with Crippen molar-refractivity contribution in [3.8, 4) is 0 Å². The number of halogens is 3. The highest BCUT2D eigenvalue weighted by atomic mass is 32.2. The molecule has 1 saturated heterocycles. The highest BCUT2D eigenvalue weighted by molar-refractivity contribution is 7.89. The first-order valence-electron chi connectivity index (χ1n) is 8.20. The lowest BCUT2D eigenvalue weighted by Crippen LogP contribution is -2.47. The first kappa shape index (κ1) is 24.0. The van der Waals surface area contributed by atoms with E-state index in [2.05, 4.69) is 14.2 Å². The average molecular weight is 474 g/mol. The van der Waals surface area contributed by atoms with Gasteiger partial charge in [0.05, 0.1) is 18.1 Å². The topological polar surface area (TPSA) is 136 Å². The molecule has 0 bridgehead atoms. The molecule has 168 valence electrons. The van der Waals surface area contributed by atoms with Crippen molar-refractivity contribution in [1.82, 2.24) is 9.62 Å². The van der Waals surface area contributed by atoms with Crippen LogP contribution in [0.3, 0.4) is 0 Å². The maximum Gasteiger partial charge on any atom is 0.523 e. The van der Waals surface area contributed by atoms with Gasteiger partial charge in [-0.25, -0.2) is 8.42 Å². The van der Waals surface area contributed by atoms with Crippen LogP contribution in [0.1, 0.15) is 6.42 Å². The van der Waals surface area contributed by atoms with Crippen molar-refractivity contribution in [2.75, 3.05) is 20.2 Å². The third-order valence-corrected chi connectivity index (χ3v) is 7.03. The van der Waals surface area contributed by atoms with E-state index in [4.69, 9.17) is 0 Å². The summed E-state index contributed by atoms with van der Waals surface area (Å²) in [6.45, 7) is -1.46. The molecule has 0 saturated carbocycles. The van der Waals surface area contributed by atoms with Crippen LogP contribution in [0.4, 0.5) is 13.2 Å². The van der Waals surface area contributed by atoms with Crippen molar-refractivity contribution in [3.63, 3.8) is 0 Å². The monoisotopic (exact) mass is 474 g/mol. The molecule has 10 nitrogen and oxygen atoms in total. The van der Waals surface area contributed by atoms with Crippen LogP contribution in [-0.2, 0) is 38.7 Å². The van der Waals surface area contributed by atoms with Crippen LogP contribution in [0, 0.1) is 0 Å². The van der Waals surface area contributed by atoms with Crippen LogP contribution in [0.25, 0.3) is 0 Å². The molecule has 2 rings (SSSR count). The van der Waals surface area contributed by atoms with Gasteiger partial charge < -0.3 is 10.1 Å². The highest BCUT2D eigenvalue weighted by Crippen LogP contribution is 2.32. The fourth-order valence-electron chi connectivity index (χ4n) is 2.65. The van der Waals surface area contributed by atoms with Crippen molar-refractivity contribution in [3.05, 3.63) is 30.3 Å². The van der Waals surface area contributed by atoms with Crippen LogP contribution in [0.5, 0.6) is 0 Å². The van der Waals surface area contributed by atoms with E-state index < -0.39 is 69.2 Å². The number of sulfonamides is 1. The molecular formula is C15H17F3N2O8S2. The molecule has 1 heterocycles. The third-order valence-electron chi connectivity index (χ3n) is 4.05. The molecule has 0 aromatic heterocycles. The third kappa shape index (κ3) is 5.27. The fourth-order valence-corrected chi connectivity index (χ4v) is 4.91. The molecule has 15 heteroatoms. The van der Waals surface area contributed by atoms with E-state index in [9.17, 15) is 39.6 Å². The minimum Gasteiger partial charge on any atom is -0.468 e. The standard InChI is InChI=1S/C15H17F3N2O8S2/c1-27-13(21)8-19-14(22)12-7-10(28-30(25,26)15(16,17)18)9-20(12)29(23,24)11-5-3-2-4-6-11/h2-6,10,12H,7-9H2,1H3,(H,19,22). The molecule has 2 unspecified atom stereocenters. The molecule has 1 aliphatic heterocycles. The van der Waals surface area contributed by atoms with Crippen molar-refractivity contribution in [2.45, 2.75) is 29.0 Å². The summed E-state index contributed by atoms with van der Waals surface area (Å²) in [5.74, 6) is -1.89. The number of carbonyl (C=O) groups is 2. The van der Waals surface area contributed by atoms with Crippen LogP contribution >= 0.6 is 0 Å². The summed E-state index contributed by atoms with van der Waals surface area (Å²) in [6, 6.07) is 5.06. The number of amides is 1. The van der Waals surface area contributed by atoms with E-state index in [1.54, 1.807) is 0 Å². The average Bonchev–Trinajstić information content (AvgIpc) is 3.09. The van der Waals surface area contributed by atoms with Crippen LogP contribution in [0.15, 0.2) is 35.2 Å². The molecular weight excluding hydrogens is 457 g/mol. The summed E-state index contributed by atoms with van der Waals surface area (Å²) in [7, 11) is -9.38. The van der Waals surface area contributed by atoms with Gasteiger partial charge in [0.2, 0.25) is 15.9 Å². The zero-order chi connectivity index (χ0) is 22.7. The van der Waals surface area contributed by atoms with Gasteiger partial charge in [0.1, 0.15) is 12.6 Å². The Bertz CT molecular complexity index is 996. The van der Waals surface area contributed by atoms with Gasteiger partial charge in [0.25, 0.3) is 0 Å². The molecule has 1 fully saturated rings. The van der Waals surface area contributed by atoms with Gasteiger partial charge in [-0.15, -0.1) is 0 Å². The normalized spacial score (nSPS) is 20.7. The minimum absolute atomic E-state index is 0.268. The van der Waals surface area contributed by atoms with E-state index in [1.165, 1.54) is 30.3 Å². The molecule has 1 aromatic rings. The Balaban J connectivity index is 2.33. The maximum absolute atomic E-state index is 12.9. The largest absolute Gasteiger partial charge is 0.523 e. The summed E-state index contributed by atoms with van der Waals surface area (Å²) in [4.78, 5) is 23.3. The molecule has 30 heavy (non-hydrogen) atoms. The Morgan fingerprint density at radius 3 is 2.30 bits per heavy atom. The zero-order valence-corrected chi connectivity index (χ0v) is 17.0.